The molecule has 1 aromatic carbocycles. The highest BCUT2D eigenvalue weighted by molar-refractivity contribution is 5.77. The van der Waals surface area contributed by atoms with E-state index in [1.165, 1.54) is 0 Å². The van der Waals surface area contributed by atoms with Gasteiger partial charge in [-0.05, 0) is 30.7 Å². The third-order valence-electron chi connectivity index (χ3n) is 2.64. The molecule has 5 nitrogen and oxygen atoms in total. The molecule has 0 aromatic heterocycles. The maximum Gasteiger partial charge on any atom is 0.260 e. The molecule has 0 heterocycles. The summed E-state index contributed by atoms with van der Waals surface area (Å²) < 4.78 is 10.5. The third-order valence-corrected chi connectivity index (χ3v) is 2.64. The van der Waals surface area contributed by atoms with Gasteiger partial charge in [0.25, 0.3) is 5.91 Å². The zero-order valence-electron chi connectivity index (χ0n) is 11.5. The van der Waals surface area contributed by atoms with Crippen molar-refractivity contribution in [1.29, 1.82) is 0 Å². The largest absolute Gasteiger partial charge is 0.497 e. The van der Waals surface area contributed by atoms with Gasteiger partial charge in [0.1, 0.15) is 11.5 Å². The van der Waals surface area contributed by atoms with Gasteiger partial charge in [-0.1, -0.05) is 6.92 Å². The Kier molecular flexibility index (Phi) is 6.74. The summed E-state index contributed by atoms with van der Waals surface area (Å²) in [6.07, 6.45) is 0.855. The van der Waals surface area contributed by atoms with Crippen LogP contribution in [-0.2, 0) is 4.79 Å². The number of carbonyl (C=O) groups is 1. The summed E-state index contributed by atoms with van der Waals surface area (Å²) in [5.41, 5.74) is 0. The van der Waals surface area contributed by atoms with E-state index in [-0.39, 0.29) is 19.1 Å². The summed E-state index contributed by atoms with van der Waals surface area (Å²) in [5, 5.41) is 8.91. The van der Waals surface area contributed by atoms with E-state index in [4.69, 9.17) is 14.6 Å². The fourth-order valence-corrected chi connectivity index (χ4v) is 1.66. The van der Waals surface area contributed by atoms with Crippen LogP contribution in [-0.4, -0.2) is 49.3 Å². The van der Waals surface area contributed by atoms with Crippen LogP contribution in [0.1, 0.15) is 13.3 Å². The molecule has 0 aliphatic heterocycles. The second kappa shape index (κ2) is 8.37. The molecule has 0 atom stereocenters. The highest BCUT2D eigenvalue weighted by Gasteiger charge is 2.12. The predicted octanol–water partition coefficient (Wildman–Crippen LogP) is 1.30. The summed E-state index contributed by atoms with van der Waals surface area (Å²) in [6, 6.07) is 7.05. The van der Waals surface area contributed by atoms with E-state index >= 15 is 0 Å². The summed E-state index contributed by atoms with van der Waals surface area (Å²) in [5.74, 6) is 1.24. The predicted molar refractivity (Wildman–Crippen MR) is 72.4 cm³/mol. The fourth-order valence-electron chi connectivity index (χ4n) is 1.66. The lowest BCUT2D eigenvalue weighted by Crippen LogP contribution is -2.37. The third kappa shape index (κ3) is 5.18. The molecule has 0 fully saturated rings. The van der Waals surface area contributed by atoms with E-state index in [1.54, 1.807) is 36.3 Å². The summed E-state index contributed by atoms with van der Waals surface area (Å²) in [4.78, 5) is 13.5. The molecule has 0 saturated heterocycles. The molecule has 19 heavy (non-hydrogen) atoms. The number of amides is 1. The number of hydrogen-bond donors (Lipinski definition) is 1. The number of hydrogen-bond acceptors (Lipinski definition) is 4. The van der Waals surface area contributed by atoms with Crippen LogP contribution in [0.5, 0.6) is 11.5 Å². The van der Waals surface area contributed by atoms with E-state index in [1.807, 2.05) is 6.92 Å². The molecule has 0 aliphatic rings. The van der Waals surface area contributed by atoms with Gasteiger partial charge in [0, 0.05) is 13.1 Å². The van der Waals surface area contributed by atoms with Gasteiger partial charge in [-0.2, -0.15) is 0 Å². The van der Waals surface area contributed by atoms with Crippen LogP contribution in [0.15, 0.2) is 24.3 Å². The highest BCUT2D eigenvalue weighted by Crippen LogP contribution is 2.16. The lowest BCUT2D eigenvalue weighted by Gasteiger charge is -2.21. The lowest BCUT2D eigenvalue weighted by atomic mass is 10.3. The summed E-state index contributed by atoms with van der Waals surface area (Å²) in [6.45, 7) is 2.91. The molecular weight excluding hydrogens is 246 g/mol. The van der Waals surface area contributed by atoms with Crippen molar-refractivity contribution >= 4 is 5.91 Å². The van der Waals surface area contributed by atoms with Crippen LogP contribution >= 0.6 is 0 Å². The van der Waals surface area contributed by atoms with Gasteiger partial charge in [0.2, 0.25) is 0 Å². The van der Waals surface area contributed by atoms with Crippen molar-refractivity contribution in [3.8, 4) is 11.5 Å². The van der Waals surface area contributed by atoms with Crippen LogP contribution in [0.4, 0.5) is 0 Å². The number of benzene rings is 1. The topological polar surface area (TPSA) is 59.0 Å². The standard InChI is InChI=1S/C14H21NO4/c1-3-8-15(9-10-16)14(17)11-19-13-6-4-12(18-2)5-7-13/h4-7,16H,3,8-11H2,1-2H3. The van der Waals surface area contributed by atoms with E-state index in [2.05, 4.69) is 0 Å². The Morgan fingerprint density at radius 3 is 2.37 bits per heavy atom. The smallest absolute Gasteiger partial charge is 0.260 e. The highest BCUT2D eigenvalue weighted by atomic mass is 16.5. The maximum atomic E-state index is 11.9. The molecule has 0 saturated carbocycles. The zero-order valence-corrected chi connectivity index (χ0v) is 11.5. The molecule has 0 unspecified atom stereocenters. The van der Waals surface area contributed by atoms with Crippen LogP contribution in [0.2, 0.25) is 0 Å². The maximum absolute atomic E-state index is 11.9. The second-order valence-corrected chi connectivity index (χ2v) is 4.07. The van der Waals surface area contributed by atoms with Crippen molar-refractivity contribution in [1.82, 2.24) is 4.90 Å². The van der Waals surface area contributed by atoms with Gasteiger partial charge in [0.15, 0.2) is 6.61 Å². The number of aliphatic hydroxyl groups excluding tert-OH is 1. The van der Waals surface area contributed by atoms with Gasteiger partial charge < -0.3 is 19.5 Å². The molecule has 1 aromatic rings. The van der Waals surface area contributed by atoms with Gasteiger partial charge in [0.05, 0.1) is 13.7 Å². The monoisotopic (exact) mass is 267 g/mol. The molecule has 1 N–H and O–H groups in total. The Morgan fingerprint density at radius 2 is 1.84 bits per heavy atom. The SMILES string of the molecule is CCCN(CCO)C(=O)COc1ccc(OC)cc1. The van der Waals surface area contributed by atoms with Crippen molar-refractivity contribution in [3.63, 3.8) is 0 Å². The molecule has 0 aliphatic carbocycles. The number of ether oxygens (including phenoxy) is 2. The zero-order chi connectivity index (χ0) is 14.1. The molecular formula is C14H21NO4. The first-order valence-corrected chi connectivity index (χ1v) is 6.36. The molecule has 0 bridgehead atoms. The molecule has 106 valence electrons. The number of carbonyl (C=O) groups excluding carboxylic acids is 1. The average Bonchev–Trinajstić information content (AvgIpc) is 2.45. The van der Waals surface area contributed by atoms with E-state index in [9.17, 15) is 4.79 Å². The molecule has 1 amide bonds. The minimum atomic E-state index is -0.119. The van der Waals surface area contributed by atoms with Crippen molar-refractivity contribution < 1.29 is 19.4 Å². The minimum absolute atomic E-state index is 0.0215. The van der Waals surface area contributed by atoms with E-state index in [0.29, 0.717) is 18.8 Å². The Balaban J connectivity index is 2.46. The Hall–Kier alpha value is -1.75. The first-order valence-electron chi connectivity index (χ1n) is 6.36. The van der Waals surface area contributed by atoms with E-state index in [0.717, 1.165) is 12.2 Å². The summed E-state index contributed by atoms with van der Waals surface area (Å²) >= 11 is 0. The first kappa shape index (κ1) is 15.3. The Bertz CT molecular complexity index is 372. The normalized spacial score (nSPS) is 10.1. The van der Waals surface area contributed by atoms with Gasteiger partial charge in [-0.25, -0.2) is 0 Å². The fraction of sp³-hybridized carbons (Fsp3) is 0.500. The molecule has 5 heteroatoms. The van der Waals surface area contributed by atoms with Crippen molar-refractivity contribution in [2.45, 2.75) is 13.3 Å². The Labute approximate surface area is 113 Å². The second-order valence-electron chi connectivity index (χ2n) is 4.07. The van der Waals surface area contributed by atoms with Gasteiger partial charge in [-0.15, -0.1) is 0 Å². The Morgan fingerprint density at radius 1 is 1.21 bits per heavy atom. The molecule has 1 rings (SSSR count). The first-order chi connectivity index (χ1) is 9.21. The van der Waals surface area contributed by atoms with Gasteiger partial charge >= 0.3 is 0 Å². The number of aliphatic hydroxyl groups is 1. The molecule has 0 spiro atoms. The van der Waals surface area contributed by atoms with Crippen molar-refractivity contribution in [2.75, 3.05) is 33.4 Å². The van der Waals surface area contributed by atoms with Gasteiger partial charge in [-0.3, -0.25) is 4.79 Å². The van der Waals surface area contributed by atoms with Crippen molar-refractivity contribution in [2.24, 2.45) is 0 Å². The molecule has 0 radical (unpaired) electrons. The number of methoxy groups -OCH3 is 1. The van der Waals surface area contributed by atoms with Crippen LogP contribution in [0, 0.1) is 0 Å². The average molecular weight is 267 g/mol. The van der Waals surface area contributed by atoms with E-state index < -0.39 is 0 Å². The lowest BCUT2D eigenvalue weighted by molar-refractivity contribution is -0.133. The number of rotatable bonds is 8. The quantitative estimate of drug-likeness (QED) is 0.771. The van der Waals surface area contributed by atoms with Crippen molar-refractivity contribution in [3.05, 3.63) is 24.3 Å². The van der Waals surface area contributed by atoms with Crippen LogP contribution in [0.25, 0.3) is 0 Å². The number of nitrogens with zero attached hydrogens (tertiary/aromatic N) is 1. The summed E-state index contributed by atoms with van der Waals surface area (Å²) in [7, 11) is 1.59. The minimum Gasteiger partial charge on any atom is -0.497 e. The van der Waals surface area contributed by atoms with Crippen LogP contribution in [0.3, 0.4) is 0 Å². The van der Waals surface area contributed by atoms with Crippen LogP contribution < -0.4 is 9.47 Å².